The summed E-state index contributed by atoms with van der Waals surface area (Å²) in [5, 5.41) is 12.5. The van der Waals surface area contributed by atoms with E-state index >= 15 is 0 Å². The van der Waals surface area contributed by atoms with E-state index in [0.29, 0.717) is 10.8 Å². The number of carbonyl (C=O) groups excluding carboxylic acids is 1. The number of carbonyl (C=O) groups is 1. The minimum absolute atomic E-state index is 0.0963. The van der Waals surface area contributed by atoms with Crippen molar-refractivity contribution in [2.24, 2.45) is 0 Å². The first-order chi connectivity index (χ1) is 12.6. The van der Waals surface area contributed by atoms with Gasteiger partial charge >= 0.3 is 0 Å². The van der Waals surface area contributed by atoms with Gasteiger partial charge in [-0.05, 0) is 37.6 Å². The Kier molecular flexibility index (Phi) is 4.30. The minimum Gasteiger partial charge on any atom is -0.338 e. The van der Waals surface area contributed by atoms with Gasteiger partial charge in [0.15, 0.2) is 5.65 Å². The number of hydrogen-bond donors (Lipinski definition) is 2. The van der Waals surface area contributed by atoms with Crippen LogP contribution in [0.1, 0.15) is 12.5 Å². The number of rotatable bonds is 4. The van der Waals surface area contributed by atoms with Crippen LogP contribution in [0.5, 0.6) is 0 Å². The van der Waals surface area contributed by atoms with E-state index < -0.39 is 0 Å². The number of nitrogens with one attached hydrogen (secondary N) is 2. The number of aryl methyl sites for hydroxylation is 1. The molecule has 130 valence electrons. The van der Waals surface area contributed by atoms with Crippen molar-refractivity contribution in [2.45, 2.75) is 24.3 Å². The summed E-state index contributed by atoms with van der Waals surface area (Å²) in [7, 11) is 0. The first-order valence-electron chi connectivity index (χ1n) is 8.25. The van der Waals surface area contributed by atoms with Crippen molar-refractivity contribution < 1.29 is 4.79 Å². The second-order valence-electron chi connectivity index (χ2n) is 6.08. The Hall–Kier alpha value is -2.93. The first-order valence-corrected chi connectivity index (χ1v) is 9.13. The lowest BCUT2D eigenvalue weighted by atomic mass is 10.2. The number of benzene rings is 2. The van der Waals surface area contributed by atoms with Gasteiger partial charge in [0.25, 0.3) is 0 Å². The van der Waals surface area contributed by atoms with Gasteiger partial charge in [-0.2, -0.15) is 0 Å². The Labute approximate surface area is 154 Å². The molecule has 2 heterocycles. The van der Waals surface area contributed by atoms with E-state index in [4.69, 9.17) is 0 Å². The van der Waals surface area contributed by atoms with Crippen LogP contribution in [0.4, 0.5) is 5.69 Å². The monoisotopic (exact) mass is 363 g/mol. The molecule has 4 rings (SSSR count). The number of para-hydroxylation sites is 1. The first kappa shape index (κ1) is 16.5. The van der Waals surface area contributed by atoms with Crippen LogP contribution < -0.4 is 5.32 Å². The van der Waals surface area contributed by atoms with Crippen LogP contribution >= 0.6 is 11.8 Å². The summed E-state index contributed by atoms with van der Waals surface area (Å²) in [5.41, 5.74) is 4.26. The standard InChI is InChI=1S/C19H17N5OS/c1-11-6-5-7-13(10-11)20-18(25)12(2)26-19-22-17-16(23-24-19)14-8-3-4-9-15(14)21-17/h3-10,12H,1-2H3,(H,20,25)(H,21,22,24). The normalized spacial score (nSPS) is 12.4. The van der Waals surface area contributed by atoms with Crippen molar-refractivity contribution in [2.75, 3.05) is 5.32 Å². The molecule has 6 nitrogen and oxygen atoms in total. The Bertz CT molecular complexity index is 1110. The number of nitrogens with zero attached hydrogens (tertiary/aromatic N) is 3. The maximum atomic E-state index is 12.4. The zero-order valence-corrected chi connectivity index (χ0v) is 15.2. The molecule has 0 aliphatic rings. The lowest BCUT2D eigenvalue weighted by molar-refractivity contribution is -0.115. The average Bonchev–Trinajstić information content (AvgIpc) is 2.99. The highest BCUT2D eigenvalue weighted by Gasteiger charge is 2.18. The summed E-state index contributed by atoms with van der Waals surface area (Å²) in [6.45, 7) is 3.82. The molecule has 1 amide bonds. The molecular formula is C19H17N5OS. The van der Waals surface area contributed by atoms with Gasteiger partial charge in [-0.3, -0.25) is 4.79 Å². The number of aromatic amines is 1. The molecule has 0 spiro atoms. The highest BCUT2D eigenvalue weighted by molar-refractivity contribution is 8.00. The number of amides is 1. The van der Waals surface area contributed by atoms with Gasteiger partial charge in [-0.1, -0.05) is 42.1 Å². The summed E-state index contributed by atoms with van der Waals surface area (Å²) in [6.07, 6.45) is 0. The maximum Gasteiger partial charge on any atom is 0.237 e. The molecule has 0 aliphatic carbocycles. The fraction of sp³-hybridized carbons (Fsp3) is 0.158. The van der Waals surface area contributed by atoms with E-state index in [9.17, 15) is 4.79 Å². The molecule has 2 N–H and O–H groups in total. The summed E-state index contributed by atoms with van der Waals surface area (Å²) in [4.78, 5) is 20.2. The van der Waals surface area contributed by atoms with Gasteiger partial charge in [0.2, 0.25) is 11.1 Å². The van der Waals surface area contributed by atoms with Crippen LogP contribution in [0, 0.1) is 6.92 Å². The lowest BCUT2D eigenvalue weighted by Gasteiger charge is -2.11. The second-order valence-corrected chi connectivity index (χ2v) is 7.39. The third-order valence-corrected chi connectivity index (χ3v) is 4.99. The highest BCUT2D eigenvalue weighted by atomic mass is 32.2. The predicted octanol–water partition coefficient (Wildman–Crippen LogP) is 3.93. The van der Waals surface area contributed by atoms with Gasteiger partial charge in [0.05, 0.1) is 5.25 Å². The van der Waals surface area contributed by atoms with Crippen molar-refractivity contribution in [3.63, 3.8) is 0 Å². The molecule has 0 bridgehead atoms. The van der Waals surface area contributed by atoms with Gasteiger partial charge in [0, 0.05) is 16.6 Å². The van der Waals surface area contributed by atoms with Gasteiger partial charge < -0.3 is 10.3 Å². The van der Waals surface area contributed by atoms with Gasteiger partial charge in [-0.25, -0.2) is 4.98 Å². The molecule has 26 heavy (non-hydrogen) atoms. The molecule has 7 heteroatoms. The fourth-order valence-electron chi connectivity index (χ4n) is 2.73. The SMILES string of the molecule is Cc1cccc(NC(=O)C(C)Sc2nnc3c(n2)[nH]c2ccccc23)c1. The lowest BCUT2D eigenvalue weighted by Crippen LogP contribution is -2.22. The van der Waals surface area contributed by atoms with E-state index in [1.165, 1.54) is 11.8 Å². The molecule has 0 saturated heterocycles. The molecule has 2 aromatic carbocycles. The van der Waals surface area contributed by atoms with Gasteiger partial charge in [0.1, 0.15) is 5.52 Å². The molecule has 0 radical (unpaired) electrons. The van der Waals surface area contributed by atoms with E-state index in [0.717, 1.165) is 27.7 Å². The minimum atomic E-state index is -0.348. The number of anilines is 1. The number of fused-ring (bicyclic) bond motifs is 3. The molecule has 4 aromatic rings. The van der Waals surface area contributed by atoms with Crippen LogP contribution in [0.3, 0.4) is 0 Å². The molecule has 1 unspecified atom stereocenters. The maximum absolute atomic E-state index is 12.4. The van der Waals surface area contributed by atoms with Crippen molar-refractivity contribution in [3.05, 3.63) is 54.1 Å². The van der Waals surface area contributed by atoms with E-state index in [-0.39, 0.29) is 11.2 Å². The predicted molar refractivity (Wildman–Crippen MR) is 104 cm³/mol. The molecule has 0 aliphatic heterocycles. The quantitative estimate of drug-likeness (QED) is 0.537. The van der Waals surface area contributed by atoms with Crippen LogP contribution in [-0.2, 0) is 4.79 Å². The number of H-pyrrole nitrogens is 1. The van der Waals surface area contributed by atoms with Crippen molar-refractivity contribution in [1.82, 2.24) is 20.2 Å². The molecule has 0 saturated carbocycles. The summed E-state index contributed by atoms with van der Waals surface area (Å²) in [5.74, 6) is -0.0963. The Morgan fingerprint density at radius 1 is 1.15 bits per heavy atom. The Morgan fingerprint density at radius 2 is 2.00 bits per heavy atom. The molecular weight excluding hydrogens is 346 g/mol. The van der Waals surface area contributed by atoms with E-state index in [1.54, 1.807) is 0 Å². The van der Waals surface area contributed by atoms with Crippen LogP contribution in [0.2, 0.25) is 0 Å². The summed E-state index contributed by atoms with van der Waals surface area (Å²) in [6, 6.07) is 15.6. The zero-order valence-electron chi connectivity index (χ0n) is 14.4. The van der Waals surface area contributed by atoms with Crippen molar-refractivity contribution in [1.29, 1.82) is 0 Å². The number of thioether (sulfide) groups is 1. The van der Waals surface area contributed by atoms with Crippen molar-refractivity contribution >= 4 is 45.4 Å². The second kappa shape index (κ2) is 6.76. The molecule has 2 aromatic heterocycles. The largest absolute Gasteiger partial charge is 0.338 e. The topological polar surface area (TPSA) is 83.6 Å². The molecule has 1 atom stereocenters. The third kappa shape index (κ3) is 3.25. The van der Waals surface area contributed by atoms with Crippen LogP contribution in [0.15, 0.2) is 53.7 Å². The Morgan fingerprint density at radius 3 is 2.85 bits per heavy atom. The third-order valence-electron chi connectivity index (χ3n) is 4.04. The summed E-state index contributed by atoms with van der Waals surface area (Å²) >= 11 is 1.28. The van der Waals surface area contributed by atoms with E-state index in [1.807, 2.05) is 62.4 Å². The van der Waals surface area contributed by atoms with Crippen LogP contribution in [-0.4, -0.2) is 31.3 Å². The smallest absolute Gasteiger partial charge is 0.237 e. The highest BCUT2D eigenvalue weighted by Crippen LogP contribution is 2.25. The Balaban J connectivity index is 1.52. The van der Waals surface area contributed by atoms with E-state index in [2.05, 4.69) is 25.5 Å². The number of hydrogen-bond acceptors (Lipinski definition) is 5. The average molecular weight is 363 g/mol. The summed E-state index contributed by atoms with van der Waals surface area (Å²) < 4.78 is 0. The molecule has 0 fully saturated rings. The van der Waals surface area contributed by atoms with Gasteiger partial charge in [-0.15, -0.1) is 10.2 Å². The van der Waals surface area contributed by atoms with Crippen LogP contribution in [0.25, 0.3) is 22.1 Å². The van der Waals surface area contributed by atoms with Crippen molar-refractivity contribution in [3.8, 4) is 0 Å². The number of aromatic nitrogens is 4. The zero-order chi connectivity index (χ0) is 18.1. The fourth-order valence-corrected chi connectivity index (χ4v) is 3.45.